The summed E-state index contributed by atoms with van der Waals surface area (Å²) in [7, 11) is 0. The lowest BCUT2D eigenvalue weighted by atomic mass is 9.92. The summed E-state index contributed by atoms with van der Waals surface area (Å²) in [5.74, 6) is 0.981. The quantitative estimate of drug-likeness (QED) is 0.768. The van der Waals surface area contributed by atoms with Crippen LogP contribution >= 0.6 is 0 Å². The second-order valence-electron chi connectivity index (χ2n) is 4.42. The molecule has 1 fully saturated rings. The highest BCUT2D eigenvalue weighted by molar-refractivity contribution is 5.76. The van der Waals surface area contributed by atoms with Crippen LogP contribution in [-0.4, -0.2) is 36.5 Å². The maximum atomic E-state index is 11.7. The van der Waals surface area contributed by atoms with Crippen molar-refractivity contribution in [3.05, 3.63) is 0 Å². The molecule has 0 aliphatic carbocycles. The molecule has 1 saturated heterocycles. The summed E-state index contributed by atoms with van der Waals surface area (Å²) in [5, 5.41) is 3.46. The fourth-order valence-electron chi connectivity index (χ4n) is 2.36. The number of hydrogen-bond acceptors (Lipinski definition) is 2. The molecule has 3 nitrogen and oxygen atoms in total. The van der Waals surface area contributed by atoms with Crippen molar-refractivity contribution in [1.82, 2.24) is 10.2 Å². The van der Waals surface area contributed by atoms with Crippen LogP contribution < -0.4 is 5.32 Å². The fourth-order valence-corrected chi connectivity index (χ4v) is 2.36. The van der Waals surface area contributed by atoms with Crippen LogP contribution in [0.1, 0.15) is 40.0 Å². The normalized spacial score (nSPS) is 26.7. The molecule has 1 amide bonds. The van der Waals surface area contributed by atoms with Gasteiger partial charge in [-0.1, -0.05) is 27.2 Å². The van der Waals surface area contributed by atoms with Crippen LogP contribution in [0.15, 0.2) is 0 Å². The molecule has 2 unspecified atom stereocenters. The van der Waals surface area contributed by atoms with E-state index in [-0.39, 0.29) is 0 Å². The molecule has 1 N–H and O–H groups in total. The second kappa shape index (κ2) is 6.11. The van der Waals surface area contributed by atoms with Crippen molar-refractivity contribution in [1.29, 1.82) is 0 Å². The number of nitrogens with one attached hydrogen (secondary N) is 1. The topological polar surface area (TPSA) is 32.3 Å². The van der Waals surface area contributed by atoms with Crippen LogP contribution in [0.4, 0.5) is 0 Å². The van der Waals surface area contributed by atoms with Crippen molar-refractivity contribution in [3.8, 4) is 0 Å². The van der Waals surface area contributed by atoms with E-state index in [1.165, 1.54) is 12.8 Å². The molecule has 2 atom stereocenters. The SMILES string of the molecule is CCNC1CC(CC)CN(C(=O)CC)C1. The van der Waals surface area contributed by atoms with Gasteiger partial charge in [-0.15, -0.1) is 0 Å². The molecule has 0 aromatic rings. The van der Waals surface area contributed by atoms with Gasteiger partial charge in [0.2, 0.25) is 5.91 Å². The van der Waals surface area contributed by atoms with Gasteiger partial charge in [0.05, 0.1) is 0 Å². The van der Waals surface area contributed by atoms with E-state index < -0.39 is 0 Å². The third kappa shape index (κ3) is 3.49. The lowest BCUT2D eigenvalue weighted by Gasteiger charge is -2.37. The zero-order valence-electron chi connectivity index (χ0n) is 10.3. The highest BCUT2D eigenvalue weighted by atomic mass is 16.2. The summed E-state index contributed by atoms with van der Waals surface area (Å²) < 4.78 is 0. The third-order valence-corrected chi connectivity index (χ3v) is 3.26. The maximum Gasteiger partial charge on any atom is 0.222 e. The molecule has 1 aliphatic heterocycles. The highest BCUT2D eigenvalue weighted by Gasteiger charge is 2.27. The Hall–Kier alpha value is -0.570. The van der Waals surface area contributed by atoms with Gasteiger partial charge in [-0.2, -0.15) is 0 Å². The standard InChI is InChI=1S/C12H24N2O/c1-4-10-7-11(13-6-3)9-14(8-10)12(15)5-2/h10-11,13H,4-9H2,1-3H3. The van der Waals surface area contributed by atoms with E-state index >= 15 is 0 Å². The maximum absolute atomic E-state index is 11.7. The summed E-state index contributed by atoms with van der Waals surface area (Å²) in [4.78, 5) is 13.7. The van der Waals surface area contributed by atoms with Gasteiger partial charge in [0.25, 0.3) is 0 Å². The van der Waals surface area contributed by atoms with Gasteiger partial charge >= 0.3 is 0 Å². The Morgan fingerprint density at radius 1 is 1.33 bits per heavy atom. The molecule has 88 valence electrons. The third-order valence-electron chi connectivity index (χ3n) is 3.26. The van der Waals surface area contributed by atoms with E-state index in [0.29, 0.717) is 24.3 Å². The zero-order chi connectivity index (χ0) is 11.3. The first kappa shape index (κ1) is 12.5. The van der Waals surface area contributed by atoms with E-state index in [4.69, 9.17) is 0 Å². The van der Waals surface area contributed by atoms with Crippen molar-refractivity contribution in [3.63, 3.8) is 0 Å². The first-order chi connectivity index (χ1) is 7.21. The summed E-state index contributed by atoms with van der Waals surface area (Å²) in [6.07, 6.45) is 3.03. The minimum Gasteiger partial charge on any atom is -0.341 e. The molecule has 0 saturated carbocycles. The van der Waals surface area contributed by atoms with E-state index in [0.717, 1.165) is 19.6 Å². The van der Waals surface area contributed by atoms with Crippen LogP contribution in [0.25, 0.3) is 0 Å². The monoisotopic (exact) mass is 212 g/mol. The number of carbonyl (C=O) groups excluding carboxylic acids is 1. The number of amides is 1. The number of carbonyl (C=O) groups is 1. The Labute approximate surface area is 93.2 Å². The number of hydrogen-bond donors (Lipinski definition) is 1. The summed E-state index contributed by atoms with van der Waals surface area (Å²) >= 11 is 0. The molecule has 0 aromatic carbocycles. The van der Waals surface area contributed by atoms with Crippen LogP contribution in [0.5, 0.6) is 0 Å². The van der Waals surface area contributed by atoms with Crippen LogP contribution in [0, 0.1) is 5.92 Å². The Balaban J connectivity index is 2.54. The summed E-state index contributed by atoms with van der Waals surface area (Å²) in [6.45, 7) is 9.15. The molecular formula is C12H24N2O. The van der Waals surface area contributed by atoms with Gasteiger partial charge < -0.3 is 10.2 Å². The molecule has 1 aliphatic rings. The van der Waals surface area contributed by atoms with Crippen molar-refractivity contribution in [2.24, 2.45) is 5.92 Å². The largest absolute Gasteiger partial charge is 0.341 e. The zero-order valence-corrected chi connectivity index (χ0v) is 10.3. The molecule has 0 aromatic heterocycles. The second-order valence-corrected chi connectivity index (χ2v) is 4.42. The molecule has 1 heterocycles. The first-order valence-corrected chi connectivity index (χ1v) is 6.22. The average molecular weight is 212 g/mol. The van der Waals surface area contributed by atoms with E-state index in [1.54, 1.807) is 0 Å². The van der Waals surface area contributed by atoms with Crippen molar-refractivity contribution in [2.75, 3.05) is 19.6 Å². The smallest absolute Gasteiger partial charge is 0.222 e. The molecule has 3 heteroatoms. The van der Waals surface area contributed by atoms with Crippen LogP contribution in [0.2, 0.25) is 0 Å². The molecule has 0 bridgehead atoms. The number of piperidine rings is 1. The van der Waals surface area contributed by atoms with Gasteiger partial charge in [0, 0.05) is 25.6 Å². The van der Waals surface area contributed by atoms with E-state index in [9.17, 15) is 4.79 Å². The Morgan fingerprint density at radius 2 is 2.07 bits per heavy atom. The van der Waals surface area contributed by atoms with E-state index in [1.807, 2.05) is 11.8 Å². The Morgan fingerprint density at radius 3 is 2.60 bits per heavy atom. The average Bonchev–Trinajstić information content (AvgIpc) is 2.28. The molecule has 0 spiro atoms. The summed E-state index contributed by atoms with van der Waals surface area (Å²) in [5.41, 5.74) is 0. The fraction of sp³-hybridized carbons (Fsp3) is 0.917. The lowest BCUT2D eigenvalue weighted by molar-refractivity contribution is -0.133. The van der Waals surface area contributed by atoms with Crippen LogP contribution in [-0.2, 0) is 4.79 Å². The number of likely N-dealkylation sites (tertiary alicyclic amines) is 1. The van der Waals surface area contributed by atoms with E-state index in [2.05, 4.69) is 19.2 Å². The Bertz CT molecular complexity index is 206. The number of likely N-dealkylation sites (N-methyl/N-ethyl adjacent to an activating group) is 1. The van der Waals surface area contributed by atoms with Gasteiger partial charge in [0.1, 0.15) is 0 Å². The van der Waals surface area contributed by atoms with Crippen LogP contribution in [0.3, 0.4) is 0 Å². The molecule has 15 heavy (non-hydrogen) atoms. The first-order valence-electron chi connectivity index (χ1n) is 6.22. The van der Waals surface area contributed by atoms with Gasteiger partial charge in [0.15, 0.2) is 0 Å². The van der Waals surface area contributed by atoms with Crippen molar-refractivity contribution in [2.45, 2.75) is 46.1 Å². The minimum atomic E-state index is 0.302. The van der Waals surface area contributed by atoms with Gasteiger partial charge in [-0.3, -0.25) is 4.79 Å². The lowest BCUT2D eigenvalue weighted by Crippen LogP contribution is -2.51. The molecule has 0 radical (unpaired) electrons. The van der Waals surface area contributed by atoms with Crippen molar-refractivity contribution >= 4 is 5.91 Å². The highest BCUT2D eigenvalue weighted by Crippen LogP contribution is 2.20. The molecular weight excluding hydrogens is 188 g/mol. The summed E-state index contributed by atoms with van der Waals surface area (Å²) in [6, 6.07) is 0.504. The van der Waals surface area contributed by atoms with Gasteiger partial charge in [-0.25, -0.2) is 0 Å². The predicted octanol–water partition coefficient (Wildman–Crippen LogP) is 1.63. The Kier molecular flexibility index (Phi) is 5.09. The predicted molar refractivity (Wildman–Crippen MR) is 62.7 cm³/mol. The minimum absolute atomic E-state index is 0.302. The van der Waals surface area contributed by atoms with Gasteiger partial charge in [-0.05, 0) is 18.9 Å². The molecule has 1 rings (SSSR count). The van der Waals surface area contributed by atoms with Crippen molar-refractivity contribution < 1.29 is 4.79 Å². The number of rotatable bonds is 4. The number of nitrogens with zero attached hydrogens (tertiary/aromatic N) is 1.